The zero-order chi connectivity index (χ0) is 21.6. The van der Waals surface area contributed by atoms with Crippen LogP contribution in [-0.4, -0.2) is 75.7 Å². The third-order valence-corrected chi connectivity index (χ3v) is 6.25. The minimum Gasteiger partial charge on any atom is -0.388 e. The molecule has 0 aromatic carbocycles. The predicted octanol–water partition coefficient (Wildman–Crippen LogP) is 0.583. The van der Waals surface area contributed by atoms with Crippen molar-refractivity contribution in [2.75, 3.05) is 32.7 Å². The number of aryl methyl sites for hydroxylation is 1. The molecule has 0 saturated carbocycles. The highest BCUT2D eigenvalue weighted by Crippen LogP contribution is 2.25. The van der Waals surface area contributed by atoms with Crippen LogP contribution in [0.15, 0.2) is 29.2 Å². The maximum Gasteiger partial charge on any atom is 0.250 e. The van der Waals surface area contributed by atoms with E-state index in [1.54, 1.807) is 29.8 Å². The third kappa shape index (κ3) is 6.40. The Morgan fingerprint density at radius 2 is 1.93 bits per heavy atom. The van der Waals surface area contributed by atoms with Gasteiger partial charge in [-0.2, -0.15) is 0 Å². The van der Waals surface area contributed by atoms with Crippen molar-refractivity contribution in [2.24, 2.45) is 0 Å². The van der Waals surface area contributed by atoms with Crippen LogP contribution in [0, 0.1) is 0 Å². The molecule has 8 heteroatoms. The van der Waals surface area contributed by atoms with Crippen molar-refractivity contribution < 1.29 is 14.7 Å². The van der Waals surface area contributed by atoms with Gasteiger partial charge >= 0.3 is 0 Å². The number of nitrogens with one attached hydrogen (secondary N) is 1. The van der Waals surface area contributed by atoms with Crippen LogP contribution >= 0.6 is 0 Å². The molecule has 0 bridgehead atoms. The van der Waals surface area contributed by atoms with Crippen molar-refractivity contribution in [1.82, 2.24) is 19.7 Å². The number of hydrogen-bond acceptors (Lipinski definition) is 5. The van der Waals surface area contributed by atoms with E-state index in [0.29, 0.717) is 45.4 Å². The van der Waals surface area contributed by atoms with Gasteiger partial charge in [-0.05, 0) is 38.2 Å². The Balaban J connectivity index is 1.45. The number of piperidine rings is 1. The Labute approximate surface area is 177 Å². The fourth-order valence-corrected chi connectivity index (χ4v) is 4.55. The van der Waals surface area contributed by atoms with E-state index in [2.05, 4.69) is 10.2 Å². The fourth-order valence-electron chi connectivity index (χ4n) is 4.55. The molecular formula is C22H34N4O4. The molecule has 2 aliphatic rings. The van der Waals surface area contributed by atoms with Crippen molar-refractivity contribution >= 4 is 11.8 Å². The van der Waals surface area contributed by atoms with Gasteiger partial charge in [-0.3, -0.25) is 14.4 Å². The summed E-state index contributed by atoms with van der Waals surface area (Å²) in [4.78, 5) is 39.8. The lowest BCUT2D eigenvalue weighted by molar-refractivity contribution is -0.131. The molecule has 2 saturated heterocycles. The minimum atomic E-state index is -0.785. The summed E-state index contributed by atoms with van der Waals surface area (Å²) < 4.78 is 1.55. The topological polar surface area (TPSA) is 94.9 Å². The van der Waals surface area contributed by atoms with Gasteiger partial charge in [0.2, 0.25) is 11.8 Å². The number of β-amino-alcohol motifs (C(OH)–C–C–N with tert-alkyl or cyclic N) is 1. The number of carbonyl (C=O) groups excluding carboxylic acids is 2. The molecule has 0 aliphatic carbocycles. The molecule has 2 N–H and O–H groups in total. The van der Waals surface area contributed by atoms with Crippen LogP contribution in [0.25, 0.3) is 0 Å². The van der Waals surface area contributed by atoms with Gasteiger partial charge < -0.3 is 24.8 Å². The highest BCUT2D eigenvalue weighted by atomic mass is 16.3. The van der Waals surface area contributed by atoms with Crippen LogP contribution in [0.3, 0.4) is 0 Å². The molecule has 3 heterocycles. The second-order valence-electron chi connectivity index (χ2n) is 8.69. The lowest BCUT2D eigenvalue weighted by atomic mass is 9.93. The van der Waals surface area contributed by atoms with Crippen molar-refractivity contribution in [3.05, 3.63) is 34.7 Å². The average Bonchev–Trinajstić information content (AvgIpc) is 2.90. The number of amides is 2. The van der Waals surface area contributed by atoms with Crippen LogP contribution < -0.4 is 10.9 Å². The van der Waals surface area contributed by atoms with E-state index in [-0.39, 0.29) is 23.4 Å². The zero-order valence-corrected chi connectivity index (χ0v) is 17.9. The van der Waals surface area contributed by atoms with Gasteiger partial charge in [-0.1, -0.05) is 6.07 Å². The third-order valence-electron chi connectivity index (χ3n) is 6.25. The van der Waals surface area contributed by atoms with Crippen molar-refractivity contribution in [2.45, 2.75) is 63.6 Å². The molecule has 2 amide bonds. The molecule has 0 spiro atoms. The first-order chi connectivity index (χ1) is 14.3. The number of aromatic nitrogens is 1. The Kier molecular flexibility index (Phi) is 7.66. The molecule has 2 fully saturated rings. The van der Waals surface area contributed by atoms with Crippen LogP contribution in [0.2, 0.25) is 0 Å². The van der Waals surface area contributed by atoms with Crippen molar-refractivity contribution in [3.8, 4) is 0 Å². The summed E-state index contributed by atoms with van der Waals surface area (Å²) in [6.45, 7) is 5.45. The molecule has 1 aromatic heterocycles. The van der Waals surface area contributed by atoms with Gasteiger partial charge in [0.1, 0.15) is 0 Å². The number of aliphatic hydroxyl groups is 1. The van der Waals surface area contributed by atoms with Gasteiger partial charge in [0.15, 0.2) is 0 Å². The van der Waals surface area contributed by atoms with Gasteiger partial charge in [0.05, 0.1) is 5.60 Å². The molecule has 3 rings (SSSR count). The summed E-state index contributed by atoms with van der Waals surface area (Å²) in [6.07, 6.45) is 5.81. The molecule has 30 heavy (non-hydrogen) atoms. The van der Waals surface area contributed by atoms with Gasteiger partial charge in [-0.25, -0.2) is 0 Å². The summed E-state index contributed by atoms with van der Waals surface area (Å²) in [5.74, 6) is 0.0452. The number of carbonyl (C=O) groups is 2. The minimum absolute atomic E-state index is 0.0118. The molecule has 166 valence electrons. The average molecular weight is 419 g/mol. The Bertz CT molecular complexity index is 787. The van der Waals surface area contributed by atoms with Gasteiger partial charge in [0.25, 0.3) is 5.56 Å². The number of hydrogen-bond donors (Lipinski definition) is 2. The van der Waals surface area contributed by atoms with E-state index in [9.17, 15) is 19.5 Å². The second kappa shape index (κ2) is 10.2. The molecule has 1 atom stereocenters. The Morgan fingerprint density at radius 1 is 1.17 bits per heavy atom. The monoisotopic (exact) mass is 418 g/mol. The molecule has 8 nitrogen and oxygen atoms in total. The van der Waals surface area contributed by atoms with Crippen LogP contribution in [-0.2, 0) is 16.1 Å². The predicted molar refractivity (Wildman–Crippen MR) is 114 cm³/mol. The molecule has 0 unspecified atom stereocenters. The smallest absolute Gasteiger partial charge is 0.250 e. The number of rotatable bonds is 6. The standard InChI is InChI=1S/C22H34N4O4/c1-18(27)23-19-6-13-24(14-7-19)17-22(30)9-4-12-26(16-10-22)21(29)8-15-25-11-3-2-5-20(25)28/h2-3,5,11,19,30H,4,6-10,12-17H2,1H3,(H,23,27)/t22-/m0/s1. The van der Waals surface area contributed by atoms with Crippen molar-refractivity contribution in [3.63, 3.8) is 0 Å². The first kappa shape index (κ1) is 22.5. The fraction of sp³-hybridized carbons (Fsp3) is 0.682. The first-order valence-corrected chi connectivity index (χ1v) is 11.0. The molecule has 0 radical (unpaired) electrons. The van der Waals surface area contributed by atoms with Crippen molar-refractivity contribution in [1.29, 1.82) is 0 Å². The van der Waals surface area contributed by atoms with Gasteiger partial charge in [-0.15, -0.1) is 0 Å². The quantitative estimate of drug-likeness (QED) is 0.705. The zero-order valence-electron chi connectivity index (χ0n) is 17.9. The summed E-state index contributed by atoms with van der Waals surface area (Å²) >= 11 is 0. The summed E-state index contributed by atoms with van der Waals surface area (Å²) in [6, 6.07) is 5.21. The summed E-state index contributed by atoms with van der Waals surface area (Å²) in [7, 11) is 0. The number of pyridine rings is 1. The highest BCUT2D eigenvalue weighted by Gasteiger charge is 2.34. The number of nitrogens with zero attached hydrogens (tertiary/aromatic N) is 3. The lowest BCUT2D eigenvalue weighted by Gasteiger charge is -2.38. The van der Waals surface area contributed by atoms with Crippen LogP contribution in [0.5, 0.6) is 0 Å². The largest absolute Gasteiger partial charge is 0.388 e. The highest BCUT2D eigenvalue weighted by molar-refractivity contribution is 5.76. The Hall–Kier alpha value is -2.19. The maximum atomic E-state index is 12.6. The van der Waals surface area contributed by atoms with Gasteiger partial charge in [0, 0.05) is 70.9 Å². The number of likely N-dealkylation sites (tertiary alicyclic amines) is 2. The van der Waals surface area contributed by atoms with E-state index >= 15 is 0 Å². The van der Waals surface area contributed by atoms with E-state index in [1.807, 2.05) is 4.90 Å². The second-order valence-corrected chi connectivity index (χ2v) is 8.69. The molecule has 1 aromatic rings. The summed E-state index contributed by atoms with van der Waals surface area (Å²) in [5.41, 5.74) is -0.885. The first-order valence-electron chi connectivity index (χ1n) is 11.0. The molecule has 2 aliphatic heterocycles. The Morgan fingerprint density at radius 3 is 2.63 bits per heavy atom. The normalized spacial score (nSPS) is 23.7. The van der Waals surface area contributed by atoms with E-state index in [4.69, 9.17) is 0 Å². The van der Waals surface area contributed by atoms with Crippen LogP contribution in [0.4, 0.5) is 0 Å². The maximum absolute atomic E-state index is 12.6. The summed E-state index contributed by atoms with van der Waals surface area (Å²) in [5, 5.41) is 14.1. The van der Waals surface area contributed by atoms with Crippen LogP contribution in [0.1, 0.15) is 45.4 Å². The van der Waals surface area contributed by atoms with E-state index in [1.165, 1.54) is 6.07 Å². The molecular weight excluding hydrogens is 384 g/mol. The lowest BCUT2D eigenvalue weighted by Crippen LogP contribution is -2.50. The van der Waals surface area contributed by atoms with E-state index in [0.717, 1.165) is 32.4 Å². The van der Waals surface area contributed by atoms with E-state index < -0.39 is 5.60 Å². The SMILES string of the molecule is CC(=O)NC1CCN(C[C@]2(O)CCCN(C(=O)CCn3ccccc3=O)CC2)CC1.